The number of hydrogen-bond acceptors (Lipinski definition) is 4. The fourth-order valence-corrected chi connectivity index (χ4v) is 2.81. The Morgan fingerprint density at radius 1 is 1.30 bits per heavy atom. The van der Waals surface area contributed by atoms with Crippen molar-refractivity contribution in [3.63, 3.8) is 0 Å². The standard InChI is InChI=1S/C17H23NO5/c1-17(2,3)23-16(21)18-9-8-13(15(19)20)14(18)11-6-5-7-12(10-11)22-4/h5-7,10,13-14H,8-9H2,1-4H3,(H,19,20)/t13-,14-/m1/s1. The van der Waals surface area contributed by atoms with Crippen LogP contribution < -0.4 is 4.74 Å². The highest BCUT2D eigenvalue weighted by Crippen LogP contribution is 2.39. The summed E-state index contributed by atoms with van der Waals surface area (Å²) in [4.78, 5) is 25.5. The predicted molar refractivity (Wildman–Crippen MR) is 84.4 cm³/mol. The number of aliphatic carboxylic acids is 1. The van der Waals surface area contributed by atoms with Crippen molar-refractivity contribution in [2.45, 2.75) is 38.8 Å². The van der Waals surface area contributed by atoms with Gasteiger partial charge in [0, 0.05) is 6.54 Å². The Balaban J connectivity index is 2.34. The van der Waals surface area contributed by atoms with Gasteiger partial charge in [-0.05, 0) is 44.9 Å². The summed E-state index contributed by atoms with van der Waals surface area (Å²) in [6.07, 6.45) is -0.0923. The van der Waals surface area contributed by atoms with Crippen LogP contribution in [-0.4, -0.2) is 41.3 Å². The second-order valence-electron chi connectivity index (χ2n) is 6.63. The number of ether oxygens (including phenoxy) is 2. The normalized spacial score (nSPS) is 21.1. The van der Waals surface area contributed by atoms with Crippen molar-refractivity contribution in [1.29, 1.82) is 0 Å². The molecule has 0 spiro atoms. The number of hydrogen-bond donors (Lipinski definition) is 1. The maximum Gasteiger partial charge on any atom is 0.410 e. The van der Waals surface area contributed by atoms with Crippen molar-refractivity contribution >= 4 is 12.1 Å². The zero-order valence-electron chi connectivity index (χ0n) is 13.9. The lowest BCUT2D eigenvalue weighted by Gasteiger charge is -2.30. The van der Waals surface area contributed by atoms with E-state index in [4.69, 9.17) is 9.47 Å². The zero-order valence-corrected chi connectivity index (χ0v) is 13.9. The molecule has 2 atom stereocenters. The Labute approximate surface area is 136 Å². The molecule has 1 aliphatic rings. The molecule has 1 N–H and O–H groups in total. The smallest absolute Gasteiger partial charge is 0.410 e. The summed E-state index contributed by atoms with van der Waals surface area (Å²) >= 11 is 0. The van der Waals surface area contributed by atoms with Crippen molar-refractivity contribution in [2.24, 2.45) is 5.92 Å². The Hall–Kier alpha value is -2.24. The van der Waals surface area contributed by atoms with Crippen molar-refractivity contribution < 1.29 is 24.2 Å². The first-order valence-corrected chi connectivity index (χ1v) is 7.59. The lowest BCUT2D eigenvalue weighted by atomic mass is 9.94. The largest absolute Gasteiger partial charge is 0.497 e. The highest BCUT2D eigenvalue weighted by atomic mass is 16.6. The molecule has 0 unspecified atom stereocenters. The third-order valence-corrected chi connectivity index (χ3v) is 3.78. The van der Waals surface area contributed by atoms with E-state index in [-0.39, 0.29) is 0 Å². The number of benzene rings is 1. The fourth-order valence-electron chi connectivity index (χ4n) is 2.81. The summed E-state index contributed by atoms with van der Waals surface area (Å²) in [7, 11) is 1.55. The van der Waals surface area contributed by atoms with Gasteiger partial charge in [-0.3, -0.25) is 4.79 Å². The van der Waals surface area contributed by atoms with Crippen LogP contribution in [0.2, 0.25) is 0 Å². The Morgan fingerprint density at radius 2 is 2.00 bits per heavy atom. The van der Waals surface area contributed by atoms with E-state index in [1.54, 1.807) is 46.1 Å². The Kier molecular flexibility index (Phi) is 4.82. The number of likely N-dealkylation sites (tertiary alicyclic amines) is 1. The first-order valence-electron chi connectivity index (χ1n) is 7.59. The molecule has 0 aliphatic carbocycles. The number of methoxy groups -OCH3 is 1. The summed E-state index contributed by atoms with van der Waals surface area (Å²) in [6, 6.07) is 6.59. The van der Waals surface area contributed by atoms with Crippen LogP contribution in [0.4, 0.5) is 4.79 Å². The number of nitrogens with zero attached hydrogens (tertiary/aromatic N) is 1. The molecule has 126 valence electrons. The van der Waals surface area contributed by atoms with Gasteiger partial charge in [-0.25, -0.2) is 4.79 Å². The van der Waals surface area contributed by atoms with Crippen LogP contribution in [0.3, 0.4) is 0 Å². The van der Waals surface area contributed by atoms with Crippen LogP contribution in [0, 0.1) is 5.92 Å². The molecule has 1 saturated heterocycles. The van der Waals surface area contributed by atoms with Gasteiger partial charge in [0.15, 0.2) is 0 Å². The van der Waals surface area contributed by atoms with Crippen molar-refractivity contribution in [2.75, 3.05) is 13.7 Å². The topological polar surface area (TPSA) is 76.1 Å². The number of carboxylic acids is 1. The summed E-state index contributed by atoms with van der Waals surface area (Å²) in [6.45, 7) is 5.72. The van der Waals surface area contributed by atoms with Gasteiger partial charge in [-0.2, -0.15) is 0 Å². The minimum Gasteiger partial charge on any atom is -0.497 e. The van der Waals surface area contributed by atoms with Crippen molar-refractivity contribution in [3.05, 3.63) is 29.8 Å². The third kappa shape index (κ3) is 3.94. The average molecular weight is 321 g/mol. The summed E-state index contributed by atoms with van der Waals surface area (Å²) in [5.41, 5.74) is 0.109. The minimum atomic E-state index is -0.913. The molecule has 0 bridgehead atoms. The van der Waals surface area contributed by atoms with E-state index in [1.807, 2.05) is 6.07 Å². The maximum atomic E-state index is 12.4. The first kappa shape index (κ1) is 17.1. The SMILES string of the molecule is COc1cccc([C@@H]2[C@H](C(=O)O)CCN2C(=O)OC(C)(C)C)c1. The quantitative estimate of drug-likeness (QED) is 0.926. The Bertz CT molecular complexity index is 593. The van der Waals surface area contributed by atoms with Crippen LogP contribution >= 0.6 is 0 Å². The molecular weight excluding hydrogens is 298 g/mol. The minimum absolute atomic E-state index is 0.355. The molecule has 1 aromatic carbocycles. The average Bonchev–Trinajstić information content (AvgIpc) is 2.90. The number of carbonyl (C=O) groups excluding carboxylic acids is 1. The molecule has 6 heteroatoms. The summed E-state index contributed by atoms with van der Waals surface area (Å²) in [5.74, 6) is -0.943. The molecule has 6 nitrogen and oxygen atoms in total. The number of amides is 1. The molecule has 0 radical (unpaired) electrons. The Morgan fingerprint density at radius 3 is 2.57 bits per heavy atom. The van der Waals surface area contributed by atoms with Crippen LogP contribution in [-0.2, 0) is 9.53 Å². The molecule has 2 rings (SSSR count). The van der Waals surface area contributed by atoms with Gasteiger partial charge in [0.2, 0.25) is 0 Å². The lowest BCUT2D eigenvalue weighted by Crippen LogP contribution is -2.38. The summed E-state index contributed by atoms with van der Waals surface area (Å²) < 4.78 is 10.6. The summed E-state index contributed by atoms with van der Waals surface area (Å²) in [5, 5.41) is 9.49. The molecular formula is C17H23NO5. The highest BCUT2D eigenvalue weighted by molar-refractivity contribution is 5.76. The highest BCUT2D eigenvalue weighted by Gasteiger charge is 2.43. The van der Waals surface area contributed by atoms with Crippen molar-refractivity contribution in [3.8, 4) is 5.75 Å². The number of rotatable bonds is 3. The van der Waals surface area contributed by atoms with Crippen molar-refractivity contribution in [1.82, 2.24) is 4.90 Å². The van der Waals surface area contributed by atoms with Gasteiger partial charge >= 0.3 is 12.1 Å². The van der Waals surface area contributed by atoms with Crippen LogP contribution in [0.1, 0.15) is 38.8 Å². The molecule has 23 heavy (non-hydrogen) atoms. The second kappa shape index (κ2) is 6.48. The van der Waals surface area contributed by atoms with E-state index < -0.39 is 29.6 Å². The van der Waals surface area contributed by atoms with E-state index in [2.05, 4.69) is 0 Å². The monoisotopic (exact) mass is 321 g/mol. The van der Waals surface area contributed by atoms with Gasteiger partial charge in [0.1, 0.15) is 11.4 Å². The van der Waals surface area contributed by atoms with E-state index in [0.29, 0.717) is 18.7 Å². The van der Waals surface area contributed by atoms with E-state index in [0.717, 1.165) is 5.56 Å². The van der Waals surface area contributed by atoms with Gasteiger partial charge in [-0.15, -0.1) is 0 Å². The molecule has 1 amide bonds. The molecule has 0 aromatic heterocycles. The second-order valence-corrected chi connectivity index (χ2v) is 6.63. The number of carbonyl (C=O) groups is 2. The van der Waals surface area contributed by atoms with Crippen LogP contribution in [0.15, 0.2) is 24.3 Å². The fraction of sp³-hybridized carbons (Fsp3) is 0.529. The van der Waals surface area contributed by atoms with E-state index in [9.17, 15) is 14.7 Å². The lowest BCUT2D eigenvalue weighted by molar-refractivity contribution is -0.142. The van der Waals surface area contributed by atoms with E-state index >= 15 is 0 Å². The predicted octanol–water partition coefficient (Wildman–Crippen LogP) is 3.08. The zero-order chi connectivity index (χ0) is 17.2. The first-order chi connectivity index (χ1) is 10.7. The number of carboxylic acid groups (broad SMARTS) is 1. The molecule has 1 aliphatic heterocycles. The van der Waals surface area contributed by atoms with Crippen LogP contribution in [0.25, 0.3) is 0 Å². The third-order valence-electron chi connectivity index (χ3n) is 3.78. The van der Waals surface area contributed by atoms with Gasteiger partial charge in [-0.1, -0.05) is 12.1 Å². The molecule has 1 heterocycles. The van der Waals surface area contributed by atoms with Gasteiger partial charge in [0.25, 0.3) is 0 Å². The van der Waals surface area contributed by atoms with E-state index in [1.165, 1.54) is 4.90 Å². The molecule has 1 aromatic rings. The molecule has 1 fully saturated rings. The van der Waals surface area contributed by atoms with Gasteiger partial charge < -0.3 is 19.5 Å². The van der Waals surface area contributed by atoms with Gasteiger partial charge in [0.05, 0.1) is 19.1 Å². The van der Waals surface area contributed by atoms with Crippen LogP contribution in [0.5, 0.6) is 5.75 Å². The molecule has 0 saturated carbocycles. The maximum absolute atomic E-state index is 12.4.